The molecule has 208 valence electrons. The summed E-state index contributed by atoms with van der Waals surface area (Å²) in [6, 6.07) is 5.67. The Hall–Kier alpha value is -2.96. The van der Waals surface area contributed by atoms with Crippen molar-refractivity contribution in [2.45, 2.75) is 46.1 Å². The number of nitrogens with zero attached hydrogens (tertiary/aromatic N) is 3. The highest BCUT2D eigenvalue weighted by atomic mass is 32.2. The number of carbonyl (C=O) groups excluding carboxylic acids is 1. The minimum Gasteiger partial charge on any atom is -0.493 e. The highest BCUT2D eigenvalue weighted by Gasteiger charge is 2.26. The number of rotatable bonds is 9. The van der Waals surface area contributed by atoms with E-state index < -0.39 is 11.4 Å². The van der Waals surface area contributed by atoms with Crippen LogP contribution < -0.4 is 14.2 Å². The minimum atomic E-state index is -1.65. The van der Waals surface area contributed by atoms with Crippen molar-refractivity contribution in [3.63, 3.8) is 0 Å². The molecular formula is C26H35N3O8S. The molecule has 1 aromatic carbocycles. The van der Waals surface area contributed by atoms with Crippen LogP contribution in [0.2, 0.25) is 0 Å². The number of benzene rings is 1. The van der Waals surface area contributed by atoms with Crippen LogP contribution in [-0.2, 0) is 30.9 Å². The number of aromatic nitrogens is 2. The fourth-order valence-electron chi connectivity index (χ4n) is 4.15. The quantitative estimate of drug-likeness (QED) is 0.454. The summed E-state index contributed by atoms with van der Waals surface area (Å²) in [6.07, 6.45) is 3.10. The molecule has 1 amide bonds. The van der Waals surface area contributed by atoms with Crippen molar-refractivity contribution in [3.05, 3.63) is 35.7 Å². The first kappa shape index (κ1) is 28.1. The maximum atomic E-state index is 12.2. The van der Waals surface area contributed by atoms with Crippen molar-refractivity contribution < 1.29 is 36.3 Å². The average molecular weight is 550 g/mol. The van der Waals surface area contributed by atoms with Crippen LogP contribution in [-0.4, -0.2) is 71.3 Å². The molecule has 0 atom stereocenters. The maximum Gasteiger partial charge on any atom is 0.409 e. The van der Waals surface area contributed by atoms with Gasteiger partial charge < -0.3 is 23.8 Å². The second-order valence-corrected chi connectivity index (χ2v) is 10.7. The molecule has 0 radical (unpaired) electrons. The number of amides is 1. The van der Waals surface area contributed by atoms with E-state index in [1.54, 1.807) is 12.0 Å². The molecule has 0 unspecified atom stereocenters. The van der Waals surface area contributed by atoms with Crippen LogP contribution in [0.4, 0.5) is 4.79 Å². The van der Waals surface area contributed by atoms with Crippen molar-refractivity contribution in [1.82, 2.24) is 14.9 Å². The van der Waals surface area contributed by atoms with Gasteiger partial charge in [0.05, 0.1) is 32.5 Å². The molecule has 2 aromatic rings. The molecule has 2 fully saturated rings. The van der Waals surface area contributed by atoms with Crippen molar-refractivity contribution in [2.75, 3.05) is 40.0 Å². The Morgan fingerprint density at radius 3 is 2.53 bits per heavy atom. The van der Waals surface area contributed by atoms with E-state index in [9.17, 15) is 9.00 Å². The van der Waals surface area contributed by atoms with E-state index in [0.29, 0.717) is 86.9 Å². The average Bonchev–Trinajstić information content (AvgIpc) is 2.92. The molecule has 0 aliphatic carbocycles. The Kier molecular flexibility index (Phi) is 9.75. The molecule has 11 nitrogen and oxygen atoms in total. The number of hydrogen-bond acceptors (Lipinski definition) is 10. The zero-order valence-electron chi connectivity index (χ0n) is 22.2. The van der Waals surface area contributed by atoms with Gasteiger partial charge in [0.2, 0.25) is 11.8 Å². The fourth-order valence-corrected chi connectivity index (χ4v) is 4.82. The molecule has 3 heterocycles. The summed E-state index contributed by atoms with van der Waals surface area (Å²) in [5.74, 6) is 2.28. The molecule has 2 saturated heterocycles. The molecule has 38 heavy (non-hydrogen) atoms. The number of ether oxygens (including phenoxy) is 4. The molecule has 2 aliphatic rings. The Bertz CT molecular complexity index is 1110. The van der Waals surface area contributed by atoms with E-state index in [1.165, 1.54) is 6.33 Å². The largest absolute Gasteiger partial charge is 0.493 e. The van der Waals surface area contributed by atoms with Gasteiger partial charge in [-0.25, -0.2) is 14.8 Å². The summed E-state index contributed by atoms with van der Waals surface area (Å²) in [5, 5.41) is 0. The first-order valence-corrected chi connectivity index (χ1v) is 13.8. The van der Waals surface area contributed by atoms with E-state index in [-0.39, 0.29) is 18.1 Å². The molecule has 12 heteroatoms. The summed E-state index contributed by atoms with van der Waals surface area (Å²) >= 11 is -1.65. The van der Waals surface area contributed by atoms with Gasteiger partial charge in [0.25, 0.3) is 0 Å². The normalized spacial score (nSPS) is 20.3. The van der Waals surface area contributed by atoms with Crippen LogP contribution in [0.5, 0.6) is 23.3 Å². The van der Waals surface area contributed by atoms with Gasteiger partial charge >= 0.3 is 17.5 Å². The van der Waals surface area contributed by atoms with Gasteiger partial charge in [0.1, 0.15) is 12.4 Å². The second-order valence-electron chi connectivity index (χ2n) is 9.81. The van der Waals surface area contributed by atoms with E-state index in [1.807, 2.05) is 39.0 Å². The Morgan fingerprint density at radius 1 is 1.13 bits per heavy atom. The van der Waals surface area contributed by atoms with Gasteiger partial charge in [0, 0.05) is 31.8 Å². The van der Waals surface area contributed by atoms with E-state index >= 15 is 0 Å². The molecule has 0 bridgehead atoms. The van der Waals surface area contributed by atoms with Crippen LogP contribution in [0.15, 0.2) is 24.5 Å². The third kappa shape index (κ3) is 7.55. The predicted octanol–water partition coefficient (Wildman–Crippen LogP) is 4.01. The van der Waals surface area contributed by atoms with Gasteiger partial charge in [0.15, 0.2) is 11.5 Å². The number of hydrogen-bond donors (Lipinski definition) is 0. The molecule has 0 N–H and O–H groups in total. The summed E-state index contributed by atoms with van der Waals surface area (Å²) in [5.41, 5.74) is 1.68. The van der Waals surface area contributed by atoms with E-state index in [0.717, 1.165) is 5.56 Å². The minimum absolute atomic E-state index is 0.0791. The molecule has 1 aromatic heterocycles. The molecule has 0 spiro atoms. The summed E-state index contributed by atoms with van der Waals surface area (Å²) in [7, 11) is 1.58. The van der Waals surface area contributed by atoms with Gasteiger partial charge in [-0.15, -0.1) is 0 Å². The van der Waals surface area contributed by atoms with E-state index in [4.69, 9.17) is 27.3 Å². The lowest BCUT2D eigenvalue weighted by atomic mass is 10.0. The van der Waals surface area contributed by atoms with Crippen molar-refractivity contribution >= 4 is 17.5 Å². The standard InChI is InChI=1S/C26H35N3O8S/c1-17(2)13-33-26(30)29-9-7-21(8-10-29)36-24-18(3)25(28-16-27-24)37-22-6-5-19(12-23(22)32-4)11-20-14-34-38(31)35-15-20/h5-6,12,16-17,20-21H,7-11,13-15H2,1-4H3. The van der Waals surface area contributed by atoms with Gasteiger partial charge in [-0.2, -0.15) is 4.21 Å². The fraction of sp³-hybridized carbons (Fsp3) is 0.577. The topological polar surface area (TPSA) is 119 Å². The first-order valence-electron chi connectivity index (χ1n) is 12.8. The zero-order valence-corrected chi connectivity index (χ0v) is 23.0. The highest BCUT2D eigenvalue weighted by Crippen LogP contribution is 2.35. The molecule has 4 rings (SSSR count). The van der Waals surface area contributed by atoms with Crippen LogP contribution in [0.25, 0.3) is 0 Å². The smallest absolute Gasteiger partial charge is 0.409 e. The van der Waals surface area contributed by atoms with Gasteiger partial charge in [-0.3, -0.25) is 8.37 Å². The monoisotopic (exact) mass is 549 g/mol. The van der Waals surface area contributed by atoms with Gasteiger partial charge in [-0.05, 0) is 37.0 Å². The Labute approximate surface area is 225 Å². The van der Waals surface area contributed by atoms with Crippen LogP contribution >= 0.6 is 0 Å². The van der Waals surface area contributed by atoms with Crippen LogP contribution in [0, 0.1) is 18.8 Å². The second kappa shape index (κ2) is 13.2. The van der Waals surface area contributed by atoms with Crippen LogP contribution in [0.3, 0.4) is 0 Å². The molecule has 2 aliphatic heterocycles. The first-order chi connectivity index (χ1) is 18.3. The number of carbonyl (C=O) groups is 1. The molecular weight excluding hydrogens is 514 g/mol. The highest BCUT2D eigenvalue weighted by molar-refractivity contribution is 7.75. The predicted molar refractivity (Wildman–Crippen MR) is 138 cm³/mol. The van der Waals surface area contributed by atoms with Crippen molar-refractivity contribution in [3.8, 4) is 23.3 Å². The number of methoxy groups -OCH3 is 1. The van der Waals surface area contributed by atoms with Crippen molar-refractivity contribution in [2.24, 2.45) is 11.8 Å². The van der Waals surface area contributed by atoms with Gasteiger partial charge in [-0.1, -0.05) is 19.9 Å². The lowest BCUT2D eigenvalue weighted by Gasteiger charge is -2.31. The summed E-state index contributed by atoms with van der Waals surface area (Å²) < 4.78 is 44.5. The number of piperidine rings is 1. The summed E-state index contributed by atoms with van der Waals surface area (Å²) in [6.45, 7) is 8.16. The number of likely N-dealkylation sites (tertiary alicyclic amines) is 1. The molecule has 0 saturated carbocycles. The van der Waals surface area contributed by atoms with E-state index in [2.05, 4.69) is 9.97 Å². The van der Waals surface area contributed by atoms with Crippen LogP contribution in [0.1, 0.15) is 37.8 Å². The third-order valence-electron chi connectivity index (χ3n) is 6.27. The Morgan fingerprint density at radius 2 is 1.84 bits per heavy atom. The third-order valence-corrected chi connectivity index (χ3v) is 6.93. The lowest BCUT2D eigenvalue weighted by Crippen LogP contribution is -2.42. The Balaban J connectivity index is 1.35. The SMILES string of the molecule is COc1cc(CC2COS(=O)OC2)ccc1Oc1ncnc(OC2CCN(C(=O)OCC(C)C)CC2)c1C. The summed E-state index contributed by atoms with van der Waals surface area (Å²) in [4.78, 5) is 22.5. The zero-order chi connectivity index (χ0) is 27.1. The maximum absolute atomic E-state index is 12.2. The van der Waals surface area contributed by atoms with Crippen molar-refractivity contribution in [1.29, 1.82) is 0 Å². The lowest BCUT2D eigenvalue weighted by molar-refractivity contribution is 0.0603.